The number of hydrogen-bond acceptors (Lipinski definition) is 3. The van der Waals surface area contributed by atoms with Crippen molar-refractivity contribution in [3.8, 4) is 0 Å². The summed E-state index contributed by atoms with van der Waals surface area (Å²) < 4.78 is 25.7. The molecule has 0 radical (unpaired) electrons. The minimum absolute atomic E-state index is 0.0847. The Hall–Kier alpha value is -0.620. The number of sulfonamides is 1. The minimum atomic E-state index is -3.22. The van der Waals surface area contributed by atoms with Crippen LogP contribution < -0.4 is 10.0 Å². The molecule has 6 heteroatoms. The van der Waals surface area contributed by atoms with Gasteiger partial charge in [0.15, 0.2) is 0 Å². The van der Waals surface area contributed by atoms with E-state index < -0.39 is 10.0 Å². The van der Waals surface area contributed by atoms with Gasteiger partial charge in [-0.3, -0.25) is 0 Å². The maximum Gasteiger partial charge on any atom is 0.213 e. The zero-order valence-corrected chi connectivity index (χ0v) is 11.3. The third kappa shape index (κ3) is 6.02. The Morgan fingerprint density at radius 2 is 2.12 bits per heavy atom. The van der Waals surface area contributed by atoms with Crippen molar-refractivity contribution in [2.75, 3.05) is 18.8 Å². The predicted molar refractivity (Wildman–Crippen MR) is 70.6 cm³/mol. The molecule has 0 saturated carbocycles. The minimum Gasteiger partial charge on any atom is -0.316 e. The summed E-state index contributed by atoms with van der Waals surface area (Å²) in [5, 5.41) is 3.58. The van der Waals surface area contributed by atoms with Crippen LogP contribution in [0.15, 0.2) is 24.3 Å². The molecule has 1 aromatic rings. The molecule has 4 nitrogen and oxygen atoms in total. The molecule has 0 aromatic heterocycles. The van der Waals surface area contributed by atoms with Gasteiger partial charge in [0.25, 0.3) is 0 Å². The highest BCUT2D eigenvalue weighted by molar-refractivity contribution is 7.89. The molecular formula is C11H17ClN2O2S. The summed E-state index contributed by atoms with van der Waals surface area (Å²) in [6.07, 6.45) is 0. The second-order valence-corrected chi connectivity index (χ2v) is 5.99. The molecular weight excluding hydrogens is 260 g/mol. The van der Waals surface area contributed by atoms with Crippen LogP contribution >= 0.6 is 11.6 Å². The first-order chi connectivity index (χ1) is 8.03. The summed E-state index contributed by atoms with van der Waals surface area (Å²) in [4.78, 5) is 0. The Morgan fingerprint density at radius 3 is 2.76 bits per heavy atom. The molecule has 1 aromatic carbocycles. The van der Waals surface area contributed by atoms with Crippen LogP contribution in [0.3, 0.4) is 0 Å². The van der Waals surface area contributed by atoms with Gasteiger partial charge < -0.3 is 5.32 Å². The lowest BCUT2D eigenvalue weighted by atomic mass is 10.2. The Bertz CT molecular complexity index is 449. The summed E-state index contributed by atoms with van der Waals surface area (Å²) in [5.74, 6) is 0.0847. The zero-order valence-electron chi connectivity index (χ0n) is 9.74. The molecule has 0 aliphatic carbocycles. The van der Waals surface area contributed by atoms with Gasteiger partial charge in [-0.1, -0.05) is 30.7 Å². The molecule has 0 atom stereocenters. The van der Waals surface area contributed by atoms with Crippen LogP contribution in [0, 0.1) is 0 Å². The summed E-state index contributed by atoms with van der Waals surface area (Å²) in [6.45, 7) is 3.44. The van der Waals surface area contributed by atoms with Crippen LogP contribution in [0.4, 0.5) is 0 Å². The van der Waals surface area contributed by atoms with Crippen molar-refractivity contribution in [2.24, 2.45) is 0 Å². The van der Waals surface area contributed by atoms with Gasteiger partial charge in [-0.05, 0) is 24.2 Å². The van der Waals surface area contributed by atoms with Crippen LogP contribution in [0.25, 0.3) is 0 Å². The van der Waals surface area contributed by atoms with Crippen molar-refractivity contribution < 1.29 is 8.42 Å². The smallest absolute Gasteiger partial charge is 0.213 e. The lowest BCUT2D eigenvalue weighted by Crippen LogP contribution is -2.31. The highest BCUT2D eigenvalue weighted by Gasteiger charge is 2.08. The maximum absolute atomic E-state index is 11.6. The number of benzene rings is 1. The SMILES string of the molecule is CCNCCS(=O)(=O)NCc1cccc(Cl)c1. The highest BCUT2D eigenvalue weighted by Crippen LogP contribution is 2.10. The number of halogens is 1. The quantitative estimate of drug-likeness (QED) is 0.740. The topological polar surface area (TPSA) is 58.2 Å². The van der Waals surface area contributed by atoms with E-state index in [9.17, 15) is 8.42 Å². The van der Waals surface area contributed by atoms with Crippen LogP contribution in [-0.4, -0.2) is 27.3 Å². The first-order valence-electron chi connectivity index (χ1n) is 5.46. The van der Waals surface area contributed by atoms with Gasteiger partial charge in [0.2, 0.25) is 10.0 Å². The van der Waals surface area contributed by atoms with Crippen LogP contribution in [0.1, 0.15) is 12.5 Å². The van der Waals surface area contributed by atoms with E-state index >= 15 is 0 Å². The van der Waals surface area contributed by atoms with Crippen molar-refractivity contribution in [2.45, 2.75) is 13.5 Å². The Kier molecular flexibility index (Phi) is 5.91. The van der Waals surface area contributed by atoms with Gasteiger partial charge in [0.05, 0.1) is 5.75 Å². The molecule has 0 saturated heterocycles. The molecule has 0 unspecified atom stereocenters. The van der Waals surface area contributed by atoms with E-state index in [1.54, 1.807) is 18.2 Å². The normalized spacial score (nSPS) is 11.6. The van der Waals surface area contributed by atoms with E-state index in [1.165, 1.54) is 0 Å². The predicted octanol–water partition coefficient (Wildman–Crippen LogP) is 1.37. The number of hydrogen-bond donors (Lipinski definition) is 2. The largest absolute Gasteiger partial charge is 0.316 e. The molecule has 0 bridgehead atoms. The van der Waals surface area contributed by atoms with Gasteiger partial charge in [0.1, 0.15) is 0 Å². The van der Waals surface area contributed by atoms with Gasteiger partial charge in [-0.2, -0.15) is 0 Å². The molecule has 1 rings (SSSR count). The molecule has 0 fully saturated rings. The van der Waals surface area contributed by atoms with Crippen molar-refractivity contribution in [3.63, 3.8) is 0 Å². The van der Waals surface area contributed by atoms with Crippen molar-refractivity contribution in [3.05, 3.63) is 34.9 Å². The van der Waals surface area contributed by atoms with Crippen LogP contribution in [0.5, 0.6) is 0 Å². The fourth-order valence-corrected chi connectivity index (χ4v) is 2.45. The van der Waals surface area contributed by atoms with Gasteiger partial charge in [-0.15, -0.1) is 0 Å². The summed E-state index contributed by atoms with van der Waals surface area (Å²) in [6, 6.07) is 7.13. The van der Waals surface area contributed by atoms with E-state index in [2.05, 4.69) is 10.0 Å². The molecule has 0 amide bonds. The average molecular weight is 277 g/mol. The van der Waals surface area contributed by atoms with Crippen molar-refractivity contribution >= 4 is 21.6 Å². The highest BCUT2D eigenvalue weighted by atomic mass is 35.5. The van der Waals surface area contributed by atoms with E-state index in [0.717, 1.165) is 12.1 Å². The third-order valence-electron chi connectivity index (χ3n) is 2.18. The van der Waals surface area contributed by atoms with E-state index in [-0.39, 0.29) is 12.3 Å². The fourth-order valence-electron chi connectivity index (χ4n) is 1.30. The second kappa shape index (κ2) is 6.96. The Labute approximate surface area is 107 Å². The first kappa shape index (κ1) is 14.4. The molecule has 0 aliphatic heterocycles. The maximum atomic E-state index is 11.6. The third-order valence-corrected chi connectivity index (χ3v) is 3.74. The number of rotatable bonds is 7. The average Bonchev–Trinajstić information content (AvgIpc) is 2.27. The van der Waals surface area contributed by atoms with E-state index in [1.807, 2.05) is 13.0 Å². The van der Waals surface area contributed by atoms with Crippen molar-refractivity contribution in [1.82, 2.24) is 10.0 Å². The first-order valence-corrected chi connectivity index (χ1v) is 7.49. The molecule has 17 heavy (non-hydrogen) atoms. The standard InChI is InChI=1S/C11H17ClN2O2S/c1-2-13-6-7-17(15,16)14-9-10-4-3-5-11(12)8-10/h3-5,8,13-14H,2,6-7,9H2,1H3. The van der Waals surface area contributed by atoms with Crippen LogP contribution in [-0.2, 0) is 16.6 Å². The molecule has 2 N–H and O–H groups in total. The van der Waals surface area contributed by atoms with Crippen LogP contribution in [0.2, 0.25) is 5.02 Å². The van der Waals surface area contributed by atoms with Gasteiger partial charge in [0, 0.05) is 18.1 Å². The van der Waals surface area contributed by atoms with E-state index in [0.29, 0.717) is 11.6 Å². The lowest BCUT2D eigenvalue weighted by molar-refractivity contribution is 0.577. The van der Waals surface area contributed by atoms with E-state index in [4.69, 9.17) is 11.6 Å². The monoisotopic (exact) mass is 276 g/mol. The summed E-state index contributed by atoms with van der Waals surface area (Å²) in [5.41, 5.74) is 0.851. The number of nitrogens with one attached hydrogen (secondary N) is 2. The Balaban J connectivity index is 2.44. The molecule has 0 spiro atoms. The zero-order chi connectivity index (χ0) is 12.7. The van der Waals surface area contributed by atoms with Crippen molar-refractivity contribution in [1.29, 1.82) is 0 Å². The summed E-state index contributed by atoms with van der Waals surface area (Å²) >= 11 is 5.81. The fraction of sp³-hybridized carbons (Fsp3) is 0.455. The van der Waals surface area contributed by atoms with Gasteiger partial charge in [-0.25, -0.2) is 13.1 Å². The second-order valence-electron chi connectivity index (χ2n) is 3.62. The Morgan fingerprint density at radius 1 is 1.35 bits per heavy atom. The molecule has 0 heterocycles. The molecule has 96 valence electrons. The lowest BCUT2D eigenvalue weighted by Gasteiger charge is -2.07. The van der Waals surface area contributed by atoms with Gasteiger partial charge >= 0.3 is 0 Å². The molecule has 0 aliphatic rings. The summed E-state index contributed by atoms with van der Waals surface area (Å²) in [7, 11) is -3.22.